The van der Waals surface area contributed by atoms with Gasteiger partial charge in [-0.25, -0.2) is 4.98 Å². The second-order valence-corrected chi connectivity index (χ2v) is 6.09. The molecule has 0 spiro atoms. The fraction of sp³-hybridized carbons (Fsp3) is 0.667. The summed E-state index contributed by atoms with van der Waals surface area (Å²) in [4.78, 5) is 8.01. The van der Waals surface area contributed by atoms with Crippen LogP contribution in [0, 0.1) is 4.64 Å². The second kappa shape index (κ2) is 4.22. The first-order valence-corrected chi connectivity index (χ1v) is 7.25. The molecular weight excluding hydrogens is 284 g/mol. The van der Waals surface area contributed by atoms with E-state index in [9.17, 15) is 0 Å². The van der Waals surface area contributed by atoms with Crippen LogP contribution in [-0.2, 0) is 0 Å². The Kier molecular flexibility index (Phi) is 2.88. The molecule has 2 aliphatic carbocycles. The van der Waals surface area contributed by atoms with Crippen LogP contribution in [0.5, 0.6) is 0 Å². The summed E-state index contributed by atoms with van der Waals surface area (Å²) >= 11 is 8.93. The SMILES string of the molecule is S=c1nc(C2CC2)[nH]c(C2CCCC2)c1Br. The Labute approximate surface area is 109 Å². The maximum Gasteiger partial charge on any atom is 0.144 e. The number of nitrogens with zero attached hydrogens (tertiary/aromatic N) is 1. The molecule has 16 heavy (non-hydrogen) atoms. The van der Waals surface area contributed by atoms with Gasteiger partial charge in [0, 0.05) is 17.5 Å². The van der Waals surface area contributed by atoms with Crippen LogP contribution in [0.15, 0.2) is 4.47 Å². The minimum Gasteiger partial charge on any atom is -0.346 e. The van der Waals surface area contributed by atoms with Crippen molar-refractivity contribution in [2.45, 2.75) is 50.4 Å². The Morgan fingerprint density at radius 2 is 1.81 bits per heavy atom. The average molecular weight is 299 g/mol. The Morgan fingerprint density at radius 3 is 2.44 bits per heavy atom. The van der Waals surface area contributed by atoms with Gasteiger partial charge in [-0.2, -0.15) is 0 Å². The van der Waals surface area contributed by atoms with Gasteiger partial charge < -0.3 is 4.98 Å². The first kappa shape index (κ1) is 10.9. The van der Waals surface area contributed by atoms with Crippen molar-refractivity contribution >= 4 is 28.1 Å². The standard InChI is InChI=1S/C12H15BrN2S/c13-9-10(7-3-1-2-4-7)14-11(8-5-6-8)15-12(9)16/h7-8H,1-6H2,(H,14,15,16). The van der Waals surface area contributed by atoms with E-state index in [1.165, 1.54) is 44.2 Å². The highest BCUT2D eigenvalue weighted by Crippen LogP contribution is 2.41. The molecule has 4 heteroatoms. The van der Waals surface area contributed by atoms with Crippen molar-refractivity contribution in [3.63, 3.8) is 0 Å². The molecule has 0 radical (unpaired) electrons. The Morgan fingerprint density at radius 1 is 1.12 bits per heavy atom. The monoisotopic (exact) mass is 298 g/mol. The lowest BCUT2D eigenvalue weighted by molar-refractivity contribution is 0.677. The molecule has 1 heterocycles. The van der Waals surface area contributed by atoms with Gasteiger partial charge in [0.2, 0.25) is 0 Å². The van der Waals surface area contributed by atoms with Gasteiger partial charge in [-0.1, -0.05) is 25.1 Å². The summed E-state index contributed by atoms with van der Waals surface area (Å²) in [5.74, 6) is 2.43. The third kappa shape index (κ3) is 1.97. The Balaban J connectivity index is 2.03. The number of H-pyrrole nitrogens is 1. The maximum absolute atomic E-state index is 5.33. The predicted molar refractivity (Wildman–Crippen MR) is 70.3 cm³/mol. The quantitative estimate of drug-likeness (QED) is 0.818. The van der Waals surface area contributed by atoms with Crippen molar-refractivity contribution in [1.29, 1.82) is 0 Å². The molecular formula is C12H15BrN2S. The maximum atomic E-state index is 5.33. The van der Waals surface area contributed by atoms with Crippen LogP contribution in [0.4, 0.5) is 0 Å². The van der Waals surface area contributed by atoms with Crippen molar-refractivity contribution in [3.8, 4) is 0 Å². The van der Waals surface area contributed by atoms with Gasteiger partial charge in [0.25, 0.3) is 0 Å². The second-order valence-electron chi connectivity index (χ2n) is 4.91. The highest BCUT2D eigenvalue weighted by atomic mass is 79.9. The number of aromatic nitrogens is 2. The van der Waals surface area contributed by atoms with Gasteiger partial charge in [-0.3, -0.25) is 0 Å². The molecule has 1 aromatic heterocycles. The predicted octanol–water partition coefficient (Wildman–Crippen LogP) is 4.44. The molecule has 0 aliphatic heterocycles. The zero-order valence-electron chi connectivity index (χ0n) is 9.13. The molecule has 0 bridgehead atoms. The van der Waals surface area contributed by atoms with Crippen LogP contribution >= 0.6 is 28.1 Å². The number of nitrogens with one attached hydrogen (secondary N) is 1. The molecule has 86 valence electrons. The fourth-order valence-corrected chi connectivity index (χ4v) is 3.26. The summed E-state index contributed by atoms with van der Waals surface area (Å²) in [7, 11) is 0. The van der Waals surface area contributed by atoms with Crippen LogP contribution in [0.1, 0.15) is 61.9 Å². The summed E-state index contributed by atoms with van der Waals surface area (Å²) in [6, 6.07) is 0. The summed E-state index contributed by atoms with van der Waals surface area (Å²) in [5.41, 5.74) is 1.31. The molecule has 1 N–H and O–H groups in total. The van der Waals surface area contributed by atoms with Crippen LogP contribution in [0.25, 0.3) is 0 Å². The molecule has 2 saturated carbocycles. The van der Waals surface area contributed by atoms with Gasteiger partial charge in [0.15, 0.2) is 0 Å². The first-order chi connectivity index (χ1) is 7.75. The van der Waals surface area contributed by atoms with Crippen LogP contribution in [0.2, 0.25) is 0 Å². The molecule has 0 aromatic carbocycles. The van der Waals surface area contributed by atoms with Crippen molar-refractivity contribution in [1.82, 2.24) is 9.97 Å². The number of halogens is 1. The number of hydrogen-bond donors (Lipinski definition) is 1. The molecule has 1 aromatic rings. The smallest absolute Gasteiger partial charge is 0.144 e. The van der Waals surface area contributed by atoms with E-state index >= 15 is 0 Å². The molecule has 3 rings (SSSR count). The normalized spacial score (nSPS) is 21.6. The highest BCUT2D eigenvalue weighted by Gasteiger charge is 2.28. The third-order valence-electron chi connectivity index (χ3n) is 3.64. The topological polar surface area (TPSA) is 28.7 Å². The molecule has 0 unspecified atom stereocenters. The van der Waals surface area contributed by atoms with Gasteiger partial charge in [-0.15, -0.1) is 0 Å². The van der Waals surface area contributed by atoms with Crippen LogP contribution < -0.4 is 0 Å². The molecule has 2 fully saturated rings. The van der Waals surface area contributed by atoms with Gasteiger partial charge in [0.1, 0.15) is 10.5 Å². The fourth-order valence-electron chi connectivity index (χ4n) is 2.54. The lowest BCUT2D eigenvalue weighted by Gasteiger charge is -2.13. The van der Waals surface area contributed by atoms with E-state index in [-0.39, 0.29) is 0 Å². The highest BCUT2D eigenvalue weighted by molar-refractivity contribution is 9.10. The average Bonchev–Trinajstić information content (AvgIpc) is 2.98. The third-order valence-corrected chi connectivity index (χ3v) is 5.00. The van der Waals surface area contributed by atoms with E-state index in [1.54, 1.807) is 0 Å². The van der Waals surface area contributed by atoms with Crippen molar-refractivity contribution in [2.24, 2.45) is 0 Å². The molecule has 2 aliphatic rings. The largest absolute Gasteiger partial charge is 0.346 e. The minimum atomic E-state index is 0.648. The summed E-state index contributed by atoms with van der Waals surface area (Å²) in [5, 5.41) is 0. The van der Waals surface area contributed by atoms with Gasteiger partial charge in [0.05, 0.1) is 4.47 Å². The Bertz CT molecular complexity index is 459. The van der Waals surface area contributed by atoms with Gasteiger partial charge >= 0.3 is 0 Å². The molecule has 0 amide bonds. The number of hydrogen-bond acceptors (Lipinski definition) is 2. The zero-order chi connectivity index (χ0) is 11.1. The number of rotatable bonds is 2. The van der Waals surface area contributed by atoms with Crippen LogP contribution in [-0.4, -0.2) is 9.97 Å². The minimum absolute atomic E-state index is 0.648. The molecule has 2 nitrogen and oxygen atoms in total. The Hall–Kier alpha value is -0.220. The lowest BCUT2D eigenvalue weighted by Crippen LogP contribution is -2.04. The van der Waals surface area contributed by atoms with E-state index in [1.807, 2.05) is 0 Å². The summed E-state index contributed by atoms with van der Waals surface area (Å²) in [6.07, 6.45) is 7.81. The summed E-state index contributed by atoms with van der Waals surface area (Å²) in [6.45, 7) is 0. The molecule has 0 atom stereocenters. The van der Waals surface area contributed by atoms with E-state index in [0.29, 0.717) is 11.8 Å². The van der Waals surface area contributed by atoms with Crippen molar-refractivity contribution < 1.29 is 0 Å². The summed E-state index contributed by atoms with van der Waals surface area (Å²) < 4.78 is 1.77. The van der Waals surface area contributed by atoms with E-state index in [4.69, 9.17) is 12.2 Å². The lowest BCUT2D eigenvalue weighted by atomic mass is 10.0. The van der Waals surface area contributed by atoms with Crippen molar-refractivity contribution in [2.75, 3.05) is 0 Å². The first-order valence-electron chi connectivity index (χ1n) is 6.05. The number of aromatic amines is 1. The van der Waals surface area contributed by atoms with Gasteiger partial charge in [-0.05, 0) is 41.6 Å². The van der Waals surface area contributed by atoms with Crippen molar-refractivity contribution in [3.05, 3.63) is 20.6 Å². The van der Waals surface area contributed by atoms with E-state index in [2.05, 4.69) is 25.9 Å². The molecule has 0 saturated heterocycles. The zero-order valence-corrected chi connectivity index (χ0v) is 11.5. The van der Waals surface area contributed by atoms with E-state index in [0.717, 1.165) is 14.9 Å². The van der Waals surface area contributed by atoms with Crippen LogP contribution in [0.3, 0.4) is 0 Å². The van der Waals surface area contributed by atoms with E-state index < -0.39 is 0 Å².